The normalized spacial score (nSPS) is 9.62. The summed E-state index contributed by atoms with van der Waals surface area (Å²) in [7, 11) is 0. The SMILES string of the molecule is CCCOC(=O)CC(=O)CC(=O)OCCC. The Morgan fingerprint density at radius 3 is 1.50 bits per heavy atom. The molecule has 5 nitrogen and oxygen atoms in total. The molecule has 0 atom stereocenters. The zero-order valence-electron chi connectivity index (χ0n) is 9.78. The first-order chi connectivity index (χ1) is 7.60. The van der Waals surface area contributed by atoms with Crippen LogP contribution in [0.2, 0.25) is 0 Å². The number of carbonyl (C=O) groups is 3. The van der Waals surface area contributed by atoms with Crippen molar-refractivity contribution in [1.82, 2.24) is 0 Å². The van der Waals surface area contributed by atoms with Gasteiger partial charge in [-0.3, -0.25) is 14.4 Å². The average molecular weight is 230 g/mol. The van der Waals surface area contributed by atoms with Crippen LogP contribution in [0, 0.1) is 0 Å². The van der Waals surface area contributed by atoms with Gasteiger partial charge in [0.15, 0.2) is 5.78 Å². The maximum atomic E-state index is 11.2. The van der Waals surface area contributed by atoms with E-state index in [-0.39, 0.29) is 12.8 Å². The number of ketones is 1. The molecule has 0 aliphatic carbocycles. The van der Waals surface area contributed by atoms with Crippen molar-refractivity contribution in [1.29, 1.82) is 0 Å². The van der Waals surface area contributed by atoms with Crippen molar-refractivity contribution in [2.45, 2.75) is 39.5 Å². The highest BCUT2D eigenvalue weighted by molar-refractivity contribution is 6.03. The van der Waals surface area contributed by atoms with Gasteiger partial charge in [0.2, 0.25) is 0 Å². The highest BCUT2D eigenvalue weighted by Crippen LogP contribution is 1.97. The molecule has 0 aliphatic heterocycles. The van der Waals surface area contributed by atoms with Crippen LogP contribution >= 0.6 is 0 Å². The molecule has 0 fully saturated rings. The second kappa shape index (κ2) is 8.88. The quantitative estimate of drug-likeness (QED) is 0.463. The summed E-state index contributed by atoms with van der Waals surface area (Å²) in [5, 5.41) is 0. The third-order valence-electron chi connectivity index (χ3n) is 1.62. The van der Waals surface area contributed by atoms with Crippen LogP contribution in [0.3, 0.4) is 0 Å². The van der Waals surface area contributed by atoms with Gasteiger partial charge in [-0.1, -0.05) is 13.8 Å². The molecule has 0 N–H and O–H groups in total. The van der Waals surface area contributed by atoms with Gasteiger partial charge in [-0.2, -0.15) is 0 Å². The summed E-state index contributed by atoms with van der Waals surface area (Å²) in [4.78, 5) is 33.2. The molecule has 5 heteroatoms. The molecule has 0 amide bonds. The summed E-state index contributed by atoms with van der Waals surface area (Å²) in [5.41, 5.74) is 0. The molecule has 0 saturated carbocycles. The minimum Gasteiger partial charge on any atom is -0.465 e. The van der Waals surface area contributed by atoms with E-state index in [9.17, 15) is 14.4 Å². The number of Topliss-reactive ketones (excluding diaryl/α,β-unsaturated/α-hetero) is 1. The summed E-state index contributed by atoms with van der Waals surface area (Å²) in [5.74, 6) is -1.65. The lowest BCUT2D eigenvalue weighted by Gasteiger charge is -2.03. The first-order valence-corrected chi connectivity index (χ1v) is 5.43. The Balaban J connectivity index is 3.72. The van der Waals surface area contributed by atoms with Crippen LogP contribution in [0.25, 0.3) is 0 Å². The van der Waals surface area contributed by atoms with Gasteiger partial charge in [0.1, 0.15) is 12.8 Å². The molecule has 0 saturated heterocycles. The van der Waals surface area contributed by atoms with Crippen LogP contribution in [-0.2, 0) is 23.9 Å². The standard InChI is InChI=1S/C11H18O5/c1-3-5-15-10(13)7-9(12)8-11(14)16-6-4-2/h3-8H2,1-2H3. The number of esters is 2. The Labute approximate surface area is 95.1 Å². The molecule has 0 heterocycles. The minimum atomic E-state index is -0.588. The van der Waals surface area contributed by atoms with Gasteiger partial charge < -0.3 is 9.47 Å². The number of ether oxygens (including phenoxy) is 2. The fraction of sp³-hybridized carbons (Fsp3) is 0.727. The van der Waals surface area contributed by atoms with Gasteiger partial charge in [0.05, 0.1) is 13.2 Å². The van der Waals surface area contributed by atoms with E-state index >= 15 is 0 Å². The van der Waals surface area contributed by atoms with E-state index in [2.05, 4.69) is 0 Å². The summed E-state index contributed by atoms with van der Waals surface area (Å²) in [6.45, 7) is 4.31. The third kappa shape index (κ3) is 7.96. The number of rotatable bonds is 8. The van der Waals surface area contributed by atoms with Crippen LogP contribution in [0.5, 0.6) is 0 Å². The third-order valence-corrected chi connectivity index (χ3v) is 1.62. The van der Waals surface area contributed by atoms with E-state index < -0.39 is 17.7 Å². The van der Waals surface area contributed by atoms with Gasteiger partial charge in [0, 0.05) is 0 Å². The van der Waals surface area contributed by atoms with E-state index in [1.807, 2.05) is 13.8 Å². The van der Waals surface area contributed by atoms with E-state index in [0.29, 0.717) is 26.1 Å². The van der Waals surface area contributed by atoms with Gasteiger partial charge in [-0.05, 0) is 12.8 Å². The number of hydrogen-bond acceptors (Lipinski definition) is 5. The summed E-state index contributed by atoms with van der Waals surface area (Å²) in [6.07, 6.45) is 0.694. The Morgan fingerprint density at radius 2 is 1.19 bits per heavy atom. The average Bonchev–Trinajstić information content (AvgIpc) is 2.23. The minimum absolute atomic E-state index is 0.298. The monoisotopic (exact) mass is 230 g/mol. The summed E-state index contributed by atoms with van der Waals surface area (Å²) in [6, 6.07) is 0. The predicted octanol–water partition coefficient (Wildman–Crippen LogP) is 1.24. The van der Waals surface area contributed by atoms with Crippen molar-refractivity contribution >= 4 is 17.7 Å². The molecular formula is C11H18O5. The fourth-order valence-electron chi connectivity index (χ4n) is 0.918. The van der Waals surface area contributed by atoms with Crippen LogP contribution in [0.1, 0.15) is 39.5 Å². The van der Waals surface area contributed by atoms with E-state index in [1.165, 1.54) is 0 Å². The molecule has 92 valence electrons. The zero-order chi connectivity index (χ0) is 12.4. The molecular weight excluding hydrogens is 212 g/mol. The Morgan fingerprint density at radius 1 is 0.812 bits per heavy atom. The van der Waals surface area contributed by atoms with Crippen molar-refractivity contribution < 1.29 is 23.9 Å². The largest absolute Gasteiger partial charge is 0.465 e. The van der Waals surface area contributed by atoms with Crippen molar-refractivity contribution in [2.75, 3.05) is 13.2 Å². The molecule has 0 radical (unpaired) electrons. The number of carbonyl (C=O) groups excluding carboxylic acids is 3. The van der Waals surface area contributed by atoms with Crippen molar-refractivity contribution in [3.63, 3.8) is 0 Å². The topological polar surface area (TPSA) is 69.7 Å². The Bertz CT molecular complexity index is 223. The highest BCUT2D eigenvalue weighted by atomic mass is 16.5. The first-order valence-electron chi connectivity index (χ1n) is 5.43. The summed E-state index contributed by atoms with van der Waals surface area (Å²) >= 11 is 0. The molecule has 0 aromatic carbocycles. The molecule has 0 bridgehead atoms. The molecule has 0 aromatic heterocycles. The van der Waals surface area contributed by atoms with Crippen molar-refractivity contribution in [2.24, 2.45) is 0 Å². The van der Waals surface area contributed by atoms with Gasteiger partial charge in [0.25, 0.3) is 0 Å². The van der Waals surface area contributed by atoms with Gasteiger partial charge in [-0.15, -0.1) is 0 Å². The molecule has 16 heavy (non-hydrogen) atoms. The Hall–Kier alpha value is -1.39. The van der Waals surface area contributed by atoms with Crippen LogP contribution in [-0.4, -0.2) is 30.9 Å². The van der Waals surface area contributed by atoms with Gasteiger partial charge in [-0.25, -0.2) is 0 Å². The first kappa shape index (κ1) is 14.6. The lowest BCUT2D eigenvalue weighted by atomic mass is 10.2. The number of hydrogen-bond donors (Lipinski definition) is 0. The Kier molecular flexibility index (Phi) is 8.11. The van der Waals surface area contributed by atoms with Crippen LogP contribution in [0.15, 0.2) is 0 Å². The fourth-order valence-corrected chi connectivity index (χ4v) is 0.918. The van der Waals surface area contributed by atoms with E-state index in [0.717, 1.165) is 0 Å². The second-order valence-corrected chi connectivity index (χ2v) is 3.33. The summed E-state index contributed by atoms with van der Waals surface area (Å²) < 4.78 is 9.43. The van der Waals surface area contributed by atoms with E-state index in [1.54, 1.807) is 0 Å². The smallest absolute Gasteiger partial charge is 0.313 e. The lowest BCUT2D eigenvalue weighted by Crippen LogP contribution is -2.16. The lowest BCUT2D eigenvalue weighted by molar-refractivity contribution is -0.149. The maximum Gasteiger partial charge on any atom is 0.313 e. The van der Waals surface area contributed by atoms with E-state index in [4.69, 9.17) is 9.47 Å². The second-order valence-electron chi connectivity index (χ2n) is 3.33. The van der Waals surface area contributed by atoms with Crippen molar-refractivity contribution in [3.05, 3.63) is 0 Å². The van der Waals surface area contributed by atoms with Gasteiger partial charge >= 0.3 is 11.9 Å². The highest BCUT2D eigenvalue weighted by Gasteiger charge is 2.15. The van der Waals surface area contributed by atoms with Crippen molar-refractivity contribution in [3.8, 4) is 0 Å². The molecule has 0 spiro atoms. The predicted molar refractivity (Wildman–Crippen MR) is 56.7 cm³/mol. The molecule has 0 aromatic rings. The maximum absolute atomic E-state index is 11.2. The molecule has 0 aliphatic rings. The van der Waals surface area contributed by atoms with Crippen LogP contribution < -0.4 is 0 Å². The van der Waals surface area contributed by atoms with Crippen LogP contribution in [0.4, 0.5) is 0 Å². The molecule has 0 unspecified atom stereocenters. The molecule has 0 rings (SSSR count). The zero-order valence-corrected chi connectivity index (χ0v) is 9.78.